The quantitative estimate of drug-likeness (QED) is 0.641. The van der Waals surface area contributed by atoms with E-state index in [0.717, 1.165) is 44.1 Å². The molecule has 0 radical (unpaired) electrons. The third-order valence-corrected chi connectivity index (χ3v) is 4.35. The van der Waals surface area contributed by atoms with Crippen molar-refractivity contribution in [3.63, 3.8) is 0 Å². The Morgan fingerprint density at radius 1 is 0.889 bits per heavy atom. The maximum atomic E-state index is 11.6. The summed E-state index contributed by atoms with van der Waals surface area (Å²) in [6, 6.07) is 18.5. The number of carbonyl (C=O) groups is 1. The first-order valence-electron chi connectivity index (χ1n) is 9.01. The second-order valence-corrected chi connectivity index (χ2v) is 6.13. The van der Waals surface area contributed by atoms with Crippen LogP contribution in [-0.2, 0) is 11.3 Å². The Morgan fingerprint density at radius 3 is 2.07 bits per heavy atom. The highest BCUT2D eigenvalue weighted by Gasteiger charge is 2.13. The van der Waals surface area contributed by atoms with E-state index in [0.29, 0.717) is 0 Å². The Morgan fingerprint density at radius 2 is 1.48 bits per heavy atom. The van der Waals surface area contributed by atoms with Crippen LogP contribution in [0.2, 0.25) is 0 Å². The fourth-order valence-corrected chi connectivity index (χ4v) is 2.94. The lowest BCUT2D eigenvalue weighted by Gasteiger charge is -2.30. The minimum absolute atomic E-state index is 0. The van der Waals surface area contributed by atoms with E-state index in [1.165, 1.54) is 5.56 Å². The number of amides is 1. The van der Waals surface area contributed by atoms with Crippen LogP contribution in [0.5, 0.6) is 0 Å². The number of para-hydroxylation sites is 2. The maximum Gasteiger partial charge on any atom is 0.221 e. The van der Waals surface area contributed by atoms with E-state index >= 15 is 0 Å². The lowest BCUT2D eigenvalue weighted by atomic mass is 10.1. The molecule has 2 rings (SSSR count). The number of carbonyl (C=O) groups excluding carboxylic acids is 1. The molecule has 0 aliphatic rings. The number of nitrogens with zero attached hydrogens (tertiary/aromatic N) is 2. The van der Waals surface area contributed by atoms with Crippen molar-refractivity contribution in [1.29, 1.82) is 0 Å². The maximum absolute atomic E-state index is 11.6. The SMILES string of the molecule is CCN(CC)CCN(Cc1ccccc1)c1ccccc1NC(C)=O.Cl.Cl. The normalized spacial score (nSPS) is 9.93. The predicted octanol–water partition coefficient (Wildman–Crippen LogP) is 4.84. The highest BCUT2D eigenvalue weighted by atomic mass is 35.5. The van der Waals surface area contributed by atoms with E-state index < -0.39 is 0 Å². The van der Waals surface area contributed by atoms with Crippen molar-refractivity contribution in [2.45, 2.75) is 27.3 Å². The van der Waals surface area contributed by atoms with Crippen molar-refractivity contribution >= 4 is 42.1 Å². The van der Waals surface area contributed by atoms with Gasteiger partial charge in [0.15, 0.2) is 0 Å². The molecule has 4 nitrogen and oxygen atoms in total. The predicted molar refractivity (Wildman–Crippen MR) is 121 cm³/mol. The van der Waals surface area contributed by atoms with Gasteiger partial charge in [-0.25, -0.2) is 0 Å². The van der Waals surface area contributed by atoms with Gasteiger partial charge in [0.25, 0.3) is 0 Å². The van der Waals surface area contributed by atoms with Gasteiger partial charge in [-0.2, -0.15) is 0 Å². The molecule has 0 unspecified atom stereocenters. The molecule has 27 heavy (non-hydrogen) atoms. The van der Waals surface area contributed by atoms with E-state index in [1.807, 2.05) is 24.3 Å². The summed E-state index contributed by atoms with van der Waals surface area (Å²) in [6.07, 6.45) is 0. The zero-order valence-corrected chi connectivity index (χ0v) is 18.0. The van der Waals surface area contributed by atoms with Gasteiger partial charge in [-0.05, 0) is 30.8 Å². The second kappa shape index (κ2) is 13.4. The fraction of sp³-hybridized carbons (Fsp3) is 0.381. The molecule has 0 bridgehead atoms. The first kappa shape index (κ1) is 25.2. The van der Waals surface area contributed by atoms with Crippen LogP contribution >= 0.6 is 24.8 Å². The fourth-order valence-electron chi connectivity index (χ4n) is 2.94. The van der Waals surface area contributed by atoms with E-state index in [1.54, 1.807) is 6.92 Å². The number of hydrogen-bond acceptors (Lipinski definition) is 3. The highest BCUT2D eigenvalue weighted by molar-refractivity contribution is 5.92. The summed E-state index contributed by atoms with van der Waals surface area (Å²) < 4.78 is 0. The number of likely N-dealkylation sites (N-methyl/N-ethyl adjacent to an activating group) is 1. The molecule has 1 amide bonds. The monoisotopic (exact) mass is 411 g/mol. The van der Waals surface area contributed by atoms with Gasteiger partial charge >= 0.3 is 0 Å². The Bertz CT molecular complexity index is 663. The first-order valence-corrected chi connectivity index (χ1v) is 9.01. The van der Waals surface area contributed by atoms with Gasteiger partial charge in [0, 0.05) is 26.6 Å². The zero-order valence-electron chi connectivity index (χ0n) is 16.4. The lowest BCUT2D eigenvalue weighted by molar-refractivity contribution is -0.114. The molecule has 2 aromatic carbocycles. The van der Waals surface area contributed by atoms with Crippen molar-refractivity contribution in [2.24, 2.45) is 0 Å². The van der Waals surface area contributed by atoms with Gasteiger partial charge in [0.05, 0.1) is 11.4 Å². The number of nitrogens with one attached hydrogen (secondary N) is 1. The minimum atomic E-state index is -0.0455. The van der Waals surface area contributed by atoms with Crippen molar-refractivity contribution in [1.82, 2.24) is 4.90 Å². The Kier molecular flexibility index (Phi) is 12.6. The number of halogens is 2. The zero-order chi connectivity index (χ0) is 18.1. The van der Waals surface area contributed by atoms with E-state index in [-0.39, 0.29) is 30.7 Å². The number of rotatable bonds is 9. The van der Waals surface area contributed by atoms with Crippen molar-refractivity contribution in [3.05, 3.63) is 60.2 Å². The molecule has 0 atom stereocenters. The summed E-state index contributed by atoms with van der Waals surface area (Å²) in [5.74, 6) is -0.0455. The van der Waals surface area contributed by atoms with Crippen molar-refractivity contribution in [3.8, 4) is 0 Å². The van der Waals surface area contributed by atoms with Crippen molar-refractivity contribution in [2.75, 3.05) is 36.4 Å². The van der Waals surface area contributed by atoms with Gasteiger partial charge in [-0.15, -0.1) is 24.8 Å². The van der Waals surface area contributed by atoms with Gasteiger partial charge in [-0.1, -0.05) is 56.3 Å². The summed E-state index contributed by atoms with van der Waals surface area (Å²) in [6.45, 7) is 10.7. The molecule has 0 saturated heterocycles. The van der Waals surface area contributed by atoms with E-state index in [2.05, 4.69) is 59.3 Å². The Balaban J connectivity index is 0.00000338. The molecular weight excluding hydrogens is 381 g/mol. The number of anilines is 2. The van der Waals surface area contributed by atoms with Crippen LogP contribution in [0.4, 0.5) is 11.4 Å². The first-order chi connectivity index (χ1) is 12.1. The molecule has 0 saturated carbocycles. The summed E-state index contributed by atoms with van der Waals surface area (Å²) >= 11 is 0. The summed E-state index contributed by atoms with van der Waals surface area (Å²) in [5, 5.41) is 2.96. The second-order valence-electron chi connectivity index (χ2n) is 6.13. The average molecular weight is 412 g/mol. The average Bonchev–Trinajstić information content (AvgIpc) is 2.62. The molecule has 150 valence electrons. The molecule has 0 aliphatic carbocycles. The summed E-state index contributed by atoms with van der Waals surface area (Å²) in [4.78, 5) is 16.3. The lowest BCUT2D eigenvalue weighted by Crippen LogP contribution is -2.35. The number of hydrogen-bond donors (Lipinski definition) is 1. The molecule has 6 heteroatoms. The summed E-state index contributed by atoms with van der Waals surface area (Å²) in [7, 11) is 0. The third kappa shape index (κ3) is 8.21. The van der Waals surface area contributed by atoms with Gasteiger partial charge < -0.3 is 15.1 Å². The van der Waals surface area contributed by atoms with Crippen LogP contribution < -0.4 is 10.2 Å². The molecule has 0 aliphatic heterocycles. The van der Waals surface area contributed by atoms with Crippen LogP contribution in [0, 0.1) is 0 Å². The van der Waals surface area contributed by atoms with Crippen LogP contribution in [0.1, 0.15) is 26.3 Å². The largest absolute Gasteiger partial charge is 0.364 e. The third-order valence-electron chi connectivity index (χ3n) is 4.35. The van der Waals surface area contributed by atoms with Gasteiger partial charge in [0.2, 0.25) is 5.91 Å². The number of benzene rings is 2. The van der Waals surface area contributed by atoms with Crippen LogP contribution in [0.25, 0.3) is 0 Å². The molecule has 0 heterocycles. The molecular formula is C21H31Cl2N3O. The molecule has 0 spiro atoms. The van der Waals surface area contributed by atoms with Crippen LogP contribution in [0.15, 0.2) is 54.6 Å². The minimum Gasteiger partial charge on any atom is -0.364 e. The molecule has 1 N–H and O–H groups in total. The Labute approximate surface area is 175 Å². The van der Waals surface area contributed by atoms with Gasteiger partial charge in [0.1, 0.15) is 0 Å². The van der Waals surface area contributed by atoms with Crippen molar-refractivity contribution < 1.29 is 4.79 Å². The van der Waals surface area contributed by atoms with Gasteiger partial charge in [-0.3, -0.25) is 4.79 Å². The molecule has 2 aromatic rings. The van der Waals surface area contributed by atoms with E-state index in [9.17, 15) is 4.79 Å². The topological polar surface area (TPSA) is 35.6 Å². The standard InChI is InChI=1S/C21H29N3O.2ClH/c1-4-23(5-2)15-16-24(17-19-11-7-6-8-12-19)21-14-10-9-13-20(21)22-18(3)25;;/h6-14H,4-5,15-17H2,1-3H3,(H,22,25);2*1H. The summed E-state index contributed by atoms with van der Waals surface area (Å²) in [5.41, 5.74) is 3.19. The van der Waals surface area contributed by atoms with E-state index in [4.69, 9.17) is 0 Å². The smallest absolute Gasteiger partial charge is 0.221 e. The Hall–Kier alpha value is -1.75. The highest BCUT2D eigenvalue weighted by Crippen LogP contribution is 2.27. The molecule has 0 fully saturated rings. The molecule has 0 aromatic heterocycles. The van der Waals surface area contributed by atoms with Crippen LogP contribution in [0.3, 0.4) is 0 Å². The van der Waals surface area contributed by atoms with Crippen LogP contribution in [-0.4, -0.2) is 37.0 Å².